The van der Waals surface area contributed by atoms with Gasteiger partial charge in [-0.05, 0) is 18.6 Å². The molecule has 0 aliphatic rings. The number of benzene rings is 1. The second kappa shape index (κ2) is 11.4. The van der Waals surface area contributed by atoms with Gasteiger partial charge in [-0.1, -0.05) is 58.3 Å². The lowest BCUT2D eigenvalue weighted by atomic mass is 10.1. The summed E-state index contributed by atoms with van der Waals surface area (Å²) < 4.78 is 0. The largest absolute Gasteiger partial charge is 0.393 e. The van der Waals surface area contributed by atoms with Gasteiger partial charge >= 0.3 is 0 Å². The van der Waals surface area contributed by atoms with Crippen LogP contribution in [0.25, 0.3) is 0 Å². The maximum atomic E-state index is 11.9. The topological polar surface area (TPSA) is 98.3 Å². The number of unbranched alkanes of at least 4 members (excludes halogenated alkanes) is 8. The molecule has 0 radical (unpaired) electrons. The van der Waals surface area contributed by atoms with E-state index >= 15 is 0 Å². The maximum Gasteiger partial charge on any atom is 0.294 e. The second-order valence-corrected chi connectivity index (χ2v) is 6.16. The first kappa shape index (κ1) is 19.9. The Labute approximate surface area is 144 Å². The zero-order chi connectivity index (χ0) is 17.8. The van der Waals surface area contributed by atoms with Gasteiger partial charge in [0.2, 0.25) is 5.91 Å². The molecule has 6 nitrogen and oxygen atoms in total. The van der Waals surface area contributed by atoms with Gasteiger partial charge < -0.3 is 11.1 Å². The first-order valence-corrected chi connectivity index (χ1v) is 8.88. The van der Waals surface area contributed by atoms with E-state index in [0.717, 1.165) is 19.3 Å². The minimum atomic E-state index is -0.550. The lowest BCUT2D eigenvalue weighted by Gasteiger charge is -2.06. The lowest BCUT2D eigenvalue weighted by molar-refractivity contribution is -0.383. The van der Waals surface area contributed by atoms with Crippen LogP contribution in [0.15, 0.2) is 18.2 Å². The number of nitrogens with two attached hydrogens (primary N) is 1. The van der Waals surface area contributed by atoms with E-state index in [2.05, 4.69) is 12.2 Å². The molecular weight excluding hydrogens is 306 g/mol. The van der Waals surface area contributed by atoms with E-state index in [1.54, 1.807) is 6.07 Å². The summed E-state index contributed by atoms with van der Waals surface area (Å²) >= 11 is 0. The van der Waals surface area contributed by atoms with Crippen molar-refractivity contribution in [3.05, 3.63) is 28.3 Å². The summed E-state index contributed by atoms with van der Waals surface area (Å²) in [5.41, 5.74) is 5.86. The SMILES string of the molecule is CCCCCCCCCCCC(=O)Nc1ccc(N)c([N+](=O)[O-])c1. The molecule has 0 saturated carbocycles. The van der Waals surface area contributed by atoms with Gasteiger partial charge in [0.15, 0.2) is 0 Å². The molecule has 24 heavy (non-hydrogen) atoms. The minimum Gasteiger partial charge on any atom is -0.393 e. The predicted molar refractivity (Wildman–Crippen MR) is 98.0 cm³/mol. The van der Waals surface area contributed by atoms with Crippen LogP contribution in [0.4, 0.5) is 17.1 Å². The minimum absolute atomic E-state index is 0.0944. The highest BCUT2D eigenvalue weighted by Gasteiger charge is 2.13. The maximum absolute atomic E-state index is 11.9. The molecule has 0 spiro atoms. The highest BCUT2D eigenvalue weighted by atomic mass is 16.6. The molecule has 134 valence electrons. The summed E-state index contributed by atoms with van der Waals surface area (Å²) in [4.78, 5) is 22.2. The molecule has 0 fully saturated rings. The Morgan fingerprint density at radius 1 is 1.08 bits per heavy atom. The van der Waals surface area contributed by atoms with E-state index < -0.39 is 4.92 Å². The highest BCUT2D eigenvalue weighted by Crippen LogP contribution is 2.25. The van der Waals surface area contributed by atoms with Crippen molar-refractivity contribution in [2.24, 2.45) is 0 Å². The first-order valence-electron chi connectivity index (χ1n) is 8.88. The van der Waals surface area contributed by atoms with E-state index in [4.69, 9.17) is 5.73 Å². The number of nitrogens with zero attached hydrogens (tertiary/aromatic N) is 1. The number of amides is 1. The normalized spacial score (nSPS) is 10.5. The summed E-state index contributed by atoms with van der Waals surface area (Å²) in [5.74, 6) is -0.114. The molecule has 0 bridgehead atoms. The first-order chi connectivity index (χ1) is 11.5. The fraction of sp³-hybridized carbons (Fsp3) is 0.611. The summed E-state index contributed by atoms with van der Waals surface area (Å²) in [6.07, 6.45) is 11.2. The smallest absolute Gasteiger partial charge is 0.294 e. The van der Waals surface area contributed by atoms with Crippen LogP contribution in [0, 0.1) is 10.1 Å². The molecule has 6 heteroatoms. The highest BCUT2D eigenvalue weighted by molar-refractivity contribution is 5.91. The lowest BCUT2D eigenvalue weighted by Crippen LogP contribution is -2.11. The second-order valence-electron chi connectivity index (χ2n) is 6.16. The molecule has 0 aliphatic heterocycles. The molecule has 0 aliphatic carbocycles. The van der Waals surface area contributed by atoms with E-state index in [-0.39, 0.29) is 17.3 Å². The summed E-state index contributed by atoms with van der Waals surface area (Å²) in [7, 11) is 0. The van der Waals surface area contributed by atoms with Gasteiger partial charge in [-0.2, -0.15) is 0 Å². The van der Waals surface area contributed by atoms with Crippen LogP contribution in [0.3, 0.4) is 0 Å². The van der Waals surface area contributed by atoms with Crippen LogP contribution in [-0.2, 0) is 4.79 Å². The Hall–Kier alpha value is -2.11. The van der Waals surface area contributed by atoms with Crippen molar-refractivity contribution in [1.82, 2.24) is 0 Å². The number of hydrogen-bond acceptors (Lipinski definition) is 4. The van der Waals surface area contributed by atoms with Gasteiger partial charge in [0, 0.05) is 18.2 Å². The Kier molecular flexibility index (Phi) is 9.49. The predicted octanol–water partition coefficient (Wildman–Crippen LogP) is 5.04. The molecule has 0 atom stereocenters. The van der Waals surface area contributed by atoms with Gasteiger partial charge in [-0.3, -0.25) is 14.9 Å². The molecule has 0 heterocycles. The van der Waals surface area contributed by atoms with E-state index in [1.165, 1.54) is 50.7 Å². The van der Waals surface area contributed by atoms with Gasteiger partial charge in [-0.25, -0.2) is 0 Å². The molecule has 1 aromatic rings. The molecule has 0 saturated heterocycles. The van der Waals surface area contributed by atoms with E-state index in [9.17, 15) is 14.9 Å². The van der Waals surface area contributed by atoms with Crippen LogP contribution in [-0.4, -0.2) is 10.8 Å². The number of hydrogen-bond donors (Lipinski definition) is 2. The zero-order valence-electron chi connectivity index (χ0n) is 14.6. The third-order valence-corrected chi connectivity index (χ3v) is 4.02. The average molecular weight is 335 g/mol. The molecule has 0 unspecified atom stereocenters. The van der Waals surface area contributed by atoms with Crippen LogP contribution >= 0.6 is 0 Å². The van der Waals surface area contributed by atoms with Crippen molar-refractivity contribution < 1.29 is 9.72 Å². The number of rotatable bonds is 12. The van der Waals surface area contributed by atoms with Gasteiger partial charge in [-0.15, -0.1) is 0 Å². The molecule has 1 aromatic carbocycles. The van der Waals surface area contributed by atoms with Crippen molar-refractivity contribution in [2.45, 2.75) is 71.1 Å². The quantitative estimate of drug-likeness (QED) is 0.242. The monoisotopic (exact) mass is 335 g/mol. The molecule has 1 amide bonds. The van der Waals surface area contributed by atoms with Gasteiger partial charge in [0.05, 0.1) is 4.92 Å². The molecule has 3 N–H and O–H groups in total. The number of anilines is 2. The van der Waals surface area contributed by atoms with Gasteiger partial charge in [0.25, 0.3) is 5.69 Å². The Morgan fingerprint density at radius 3 is 2.25 bits per heavy atom. The third kappa shape index (κ3) is 7.94. The fourth-order valence-electron chi connectivity index (χ4n) is 2.60. The van der Waals surface area contributed by atoms with Crippen molar-refractivity contribution in [2.75, 3.05) is 11.1 Å². The van der Waals surface area contributed by atoms with Gasteiger partial charge in [0.1, 0.15) is 5.69 Å². The Morgan fingerprint density at radius 2 is 1.67 bits per heavy atom. The number of carbonyl (C=O) groups is 1. The van der Waals surface area contributed by atoms with Crippen molar-refractivity contribution in [3.8, 4) is 0 Å². The van der Waals surface area contributed by atoms with Crippen molar-refractivity contribution in [3.63, 3.8) is 0 Å². The number of nitrogens with one attached hydrogen (secondary N) is 1. The van der Waals surface area contributed by atoms with Crippen LogP contribution < -0.4 is 11.1 Å². The van der Waals surface area contributed by atoms with Crippen LogP contribution in [0.2, 0.25) is 0 Å². The van der Waals surface area contributed by atoms with Crippen LogP contribution in [0.5, 0.6) is 0 Å². The van der Waals surface area contributed by atoms with Crippen molar-refractivity contribution >= 4 is 23.0 Å². The Bertz CT molecular complexity index is 532. The number of carbonyl (C=O) groups excluding carboxylic acids is 1. The van der Waals surface area contributed by atoms with Crippen LogP contribution in [0.1, 0.15) is 71.1 Å². The summed E-state index contributed by atoms with van der Waals surface area (Å²) in [5, 5.41) is 13.5. The number of nitro groups is 1. The third-order valence-electron chi connectivity index (χ3n) is 4.02. The molecular formula is C18H29N3O3. The van der Waals surface area contributed by atoms with Crippen molar-refractivity contribution in [1.29, 1.82) is 0 Å². The molecule has 1 rings (SSSR count). The van der Waals surface area contributed by atoms with E-state index in [0.29, 0.717) is 12.1 Å². The zero-order valence-corrected chi connectivity index (χ0v) is 14.6. The average Bonchev–Trinajstić information content (AvgIpc) is 2.55. The fourth-order valence-corrected chi connectivity index (χ4v) is 2.60. The Balaban J connectivity index is 2.18. The summed E-state index contributed by atoms with van der Waals surface area (Å²) in [6.45, 7) is 2.22. The van der Waals surface area contributed by atoms with E-state index in [1.807, 2.05) is 0 Å². The number of nitro benzene ring substituents is 1. The molecule has 0 aromatic heterocycles. The summed E-state index contributed by atoms with van der Waals surface area (Å²) in [6, 6.07) is 4.31. The standard InChI is InChI=1S/C18H29N3O3/c1-2-3-4-5-6-7-8-9-10-11-18(22)20-15-12-13-16(19)17(14-15)21(23)24/h12-14H,2-11,19H2,1H3,(H,20,22). The number of nitrogen functional groups attached to an aromatic ring is 1.